The molecule has 0 aliphatic rings. The molecule has 0 heterocycles. The average molecular weight is 355 g/mol. The molecule has 2 aromatic rings. The van der Waals surface area contributed by atoms with Crippen molar-refractivity contribution < 1.29 is 24.2 Å². The maximum atomic E-state index is 12.9. The summed E-state index contributed by atoms with van der Waals surface area (Å²) in [6.07, 6.45) is 0. The number of rotatable bonds is 7. The van der Waals surface area contributed by atoms with Gasteiger partial charge in [-0.2, -0.15) is 0 Å². The van der Waals surface area contributed by atoms with Crippen molar-refractivity contribution >= 4 is 17.7 Å². The molecule has 0 aromatic heterocycles. The molecule has 0 bridgehead atoms. The Bertz CT molecular complexity index is 844. The van der Waals surface area contributed by atoms with Crippen molar-refractivity contribution in [3.63, 3.8) is 0 Å². The second-order valence-corrected chi connectivity index (χ2v) is 5.99. The lowest BCUT2D eigenvalue weighted by Gasteiger charge is -2.15. The number of carbonyl (C=O) groups is 3. The number of methoxy groups -OCH3 is 1. The number of aliphatic carboxylic acids is 1. The summed E-state index contributed by atoms with van der Waals surface area (Å²) >= 11 is 0. The number of amides is 1. The monoisotopic (exact) mass is 355 g/mol. The first kappa shape index (κ1) is 19.3. The molecule has 0 aliphatic carbocycles. The third-order valence-corrected chi connectivity index (χ3v) is 4.12. The normalized spacial score (nSPS) is 11.7. The number of aryl methyl sites for hydroxylation is 2. The highest BCUT2D eigenvalue weighted by atomic mass is 16.5. The van der Waals surface area contributed by atoms with Crippen LogP contribution in [-0.2, 0) is 9.53 Å². The summed E-state index contributed by atoms with van der Waals surface area (Å²) in [5, 5.41) is 11.5. The zero-order chi connectivity index (χ0) is 19.3. The maximum absolute atomic E-state index is 12.9. The molecule has 1 unspecified atom stereocenters. The van der Waals surface area contributed by atoms with Gasteiger partial charge in [0.05, 0.1) is 12.2 Å². The summed E-state index contributed by atoms with van der Waals surface area (Å²) in [7, 11) is 1.35. The Labute approximate surface area is 151 Å². The summed E-state index contributed by atoms with van der Waals surface area (Å²) < 4.78 is 4.81. The van der Waals surface area contributed by atoms with Crippen LogP contribution in [0.1, 0.15) is 37.4 Å². The molecule has 1 atom stereocenters. The van der Waals surface area contributed by atoms with E-state index < -0.39 is 17.9 Å². The van der Waals surface area contributed by atoms with Gasteiger partial charge >= 0.3 is 5.97 Å². The number of hydrogen-bond donors (Lipinski definition) is 2. The Hall–Kier alpha value is -2.99. The van der Waals surface area contributed by atoms with E-state index in [4.69, 9.17) is 9.84 Å². The summed E-state index contributed by atoms with van der Waals surface area (Å²) in [6.45, 7) is 3.69. The summed E-state index contributed by atoms with van der Waals surface area (Å²) in [4.78, 5) is 36.6. The van der Waals surface area contributed by atoms with Gasteiger partial charge in [-0.15, -0.1) is 0 Å². The van der Waals surface area contributed by atoms with Crippen LogP contribution < -0.4 is 5.32 Å². The van der Waals surface area contributed by atoms with E-state index in [-0.39, 0.29) is 23.5 Å². The molecular weight excluding hydrogens is 334 g/mol. The second-order valence-electron chi connectivity index (χ2n) is 5.99. The fourth-order valence-electron chi connectivity index (χ4n) is 2.49. The van der Waals surface area contributed by atoms with E-state index in [1.807, 2.05) is 19.9 Å². The lowest BCUT2D eigenvalue weighted by molar-refractivity contribution is -0.140. The van der Waals surface area contributed by atoms with Crippen molar-refractivity contribution in [3.8, 4) is 0 Å². The minimum Gasteiger partial charge on any atom is -0.480 e. The molecule has 1 amide bonds. The quantitative estimate of drug-likeness (QED) is 0.744. The van der Waals surface area contributed by atoms with E-state index in [0.717, 1.165) is 11.1 Å². The SMILES string of the molecule is COCC(NC(=O)c1ccccc1C(=O)c1ccc(C)c(C)c1)C(=O)O. The van der Waals surface area contributed by atoms with E-state index in [1.165, 1.54) is 13.2 Å². The maximum Gasteiger partial charge on any atom is 0.328 e. The second kappa shape index (κ2) is 8.40. The van der Waals surface area contributed by atoms with Gasteiger partial charge in [0.25, 0.3) is 5.91 Å². The summed E-state index contributed by atoms with van der Waals surface area (Å²) in [6, 6.07) is 10.5. The van der Waals surface area contributed by atoms with Crippen molar-refractivity contribution in [2.45, 2.75) is 19.9 Å². The van der Waals surface area contributed by atoms with Crippen LogP contribution in [0.25, 0.3) is 0 Å². The first-order chi connectivity index (χ1) is 12.3. The molecule has 2 aromatic carbocycles. The van der Waals surface area contributed by atoms with Gasteiger partial charge in [-0.3, -0.25) is 9.59 Å². The Morgan fingerprint density at radius 3 is 2.27 bits per heavy atom. The minimum atomic E-state index is -1.21. The number of hydrogen-bond acceptors (Lipinski definition) is 4. The zero-order valence-corrected chi connectivity index (χ0v) is 14.9. The topological polar surface area (TPSA) is 92.7 Å². The van der Waals surface area contributed by atoms with E-state index in [1.54, 1.807) is 30.3 Å². The molecule has 2 N–H and O–H groups in total. The number of nitrogens with one attached hydrogen (secondary N) is 1. The predicted molar refractivity (Wildman–Crippen MR) is 96.6 cm³/mol. The van der Waals surface area contributed by atoms with Crippen LogP contribution in [0.2, 0.25) is 0 Å². The van der Waals surface area contributed by atoms with Crippen LogP contribution in [0.15, 0.2) is 42.5 Å². The number of ketones is 1. The van der Waals surface area contributed by atoms with E-state index >= 15 is 0 Å². The molecule has 6 heteroatoms. The number of carbonyl (C=O) groups excluding carboxylic acids is 2. The summed E-state index contributed by atoms with van der Waals surface area (Å²) in [5.74, 6) is -2.14. The third-order valence-electron chi connectivity index (χ3n) is 4.12. The fraction of sp³-hybridized carbons (Fsp3) is 0.250. The third kappa shape index (κ3) is 4.34. The van der Waals surface area contributed by atoms with Gasteiger partial charge in [0.15, 0.2) is 11.8 Å². The van der Waals surface area contributed by atoms with Crippen LogP contribution in [-0.4, -0.2) is 42.5 Å². The Morgan fingerprint density at radius 2 is 1.69 bits per heavy atom. The van der Waals surface area contributed by atoms with Crippen molar-refractivity contribution in [1.29, 1.82) is 0 Å². The van der Waals surface area contributed by atoms with Crippen molar-refractivity contribution in [3.05, 3.63) is 70.3 Å². The largest absolute Gasteiger partial charge is 0.480 e. The molecule has 2 rings (SSSR count). The van der Waals surface area contributed by atoms with Crippen LogP contribution in [0.4, 0.5) is 0 Å². The van der Waals surface area contributed by atoms with Gasteiger partial charge in [-0.25, -0.2) is 4.79 Å². The highest BCUT2D eigenvalue weighted by Gasteiger charge is 2.24. The first-order valence-corrected chi connectivity index (χ1v) is 8.08. The number of benzene rings is 2. The molecule has 0 aliphatic heterocycles. The molecule has 136 valence electrons. The Balaban J connectivity index is 2.34. The number of carboxylic acids is 1. The van der Waals surface area contributed by atoms with E-state index in [2.05, 4.69) is 5.32 Å². The van der Waals surface area contributed by atoms with Crippen molar-refractivity contribution in [2.24, 2.45) is 0 Å². The van der Waals surface area contributed by atoms with Crippen LogP contribution in [0.3, 0.4) is 0 Å². The zero-order valence-electron chi connectivity index (χ0n) is 14.9. The molecule has 6 nitrogen and oxygen atoms in total. The minimum absolute atomic E-state index is 0.123. The summed E-state index contributed by atoms with van der Waals surface area (Å²) in [5.41, 5.74) is 2.85. The molecule has 0 spiro atoms. The molecule has 0 radical (unpaired) electrons. The lowest BCUT2D eigenvalue weighted by atomic mass is 9.95. The predicted octanol–water partition coefficient (Wildman–Crippen LogP) is 2.36. The average Bonchev–Trinajstić information content (AvgIpc) is 2.62. The van der Waals surface area contributed by atoms with Gasteiger partial charge in [-0.05, 0) is 37.1 Å². The van der Waals surface area contributed by atoms with Crippen molar-refractivity contribution in [1.82, 2.24) is 5.32 Å². The molecule has 0 saturated carbocycles. The highest BCUT2D eigenvalue weighted by Crippen LogP contribution is 2.17. The van der Waals surface area contributed by atoms with E-state index in [9.17, 15) is 14.4 Å². The fourth-order valence-corrected chi connectivity index (χ4v) is 2.49. The van der Waals surface area contributed by atoms with Gasteiger partial charge in [0.2, 0.25) is 0 Å². The smallest absolute Gasteiger partial charge is 0.328 e. The lowest BCUT2D eigenvalue weighted by Crippen LogP contribution is -2.44. The highest BCUT2D eigenvalue weighted by molar-refractivity contribution is 6.15. The van der Waals surface area contributed by atoms with Crippen LogP contribution in [0, 0.1) is 13.8 Å². The van der Waals surface area contributed by atoms with Crippen LogP contribution in [0.5, 0.6) is 0 Å². The Kier molecular flexibility index (Phi) is 6.25. The molecular formula is C20H21NO5. The number of ether oxygens (including phenoxy) is 1. The van der Waals surface area contributed by atoms with E-state index in [0.29, 0.717) is 5.56 Å². The molecule has 0 saturated heterocycles. The first-order valence-electron chi connectivity index (χ1n) is 8.08. The van der Waals surface area contributed by atoms with Gasteiger partial charge in [0, 0.05) is 18.2 Å². The van der Waals surface area contributed by atoms with Gasteiger partial charge in [0.1, 0.15) is 0 Å². The molecule has 26 heavy (non-hydrogen) atoms. The van der Waals surface area contributed by atoms with Crippen molar-refractivity contribution in [2.75, 3.05) is 13.7 Å². The Morgan fingerprint density at radius 1 is 1.04 bits per heavy atom. The van der Waals surface area contributed by atoms with Gasteiger partial charge < -0.3 is 15.2 Å². The van der Waals surface area contributed by atoms with Crippen LogP contribution >= 0.6 is 0 Å². The number of carboxylic acid groups (broad SMARTS) is 1. The standard InChI is InChI=1S/C20H21NO5/c1-12-8-9-14(10-13(12)2)18(22)15-6-4-5-7-16(15)19(23)21-17(11-26-3)20(24)25/h4-10,17H,11H2,1-3H3,(H,21,23)(H,24,25). The molecule has 0 fully saturated rings. The van der Waals surface area contributed by atoms with Gasteiger partial charge in [-0.1, -0.05) is 30.3 Å².